The zero-order valence-electron chi connectivity index (χ0n) is 16.9. The molecule has 2 N–H and O–H groups in total. The number of H-pyrrole nitrogens is 1. The summed E-state index contributed by atoms with van der Waals surface area (Å²) in [5.74, 6) is 5.16. The van der Waals surface area contributed by atoms with Crippen LogP contribution in [-0.4, -0.2) is 36.9 Å². The quantitative estimate of drug-likeness (QED) is 0.479. The molecule has 5 rings (SSSR count). The number of terminal acetylenes is 1. The normalized spacial score (nSPS) is 15.7. The van der Waals surface area contributed by atoms with Crippen molar-refractivity contribution in [2.45, 2.75) is 25.8 Å². The van der Waals surface area contributed by atoms with Crippen molar-refractivity contribution in [1.82, 2.24) is 30.3 Å². The van der Waals surface area contributed by atoms with Crippen molar-refractivity contribution in [1.29, 1.82) is 0 Å². The van der Waals surface area contributed by atoms with Gasteiger partial charge in [0, 0.05) is 36.6 Å². The predicted octanol–water partition coefficient (Wildman–Crippen LogP) is 3.62. The molecule has 9 heteroatoms. The van der Waals surface area contributed by atoms with Crippen LogP contribution in [0, 0.1) is 19.3 Å². The van der Waals surface area contributed by atoms with E-state index in [1.54, 1.807) is 12.3 Å². The Morgan fingerprint density at radius 3 is 2.90 bits per heavy atom. The number of aromatic nitrogens is 6. The van der Waals surface area contributed by atoms with Gasteiger partial charge in [-0.25, -0.2) is 4.98 Å². The highest BCUT2D eigenvalue weighted by atomic mass is 16.5. The fraction of sp³-hybridized carbons (Fsp3) is 0.227. The molecule has 5 heterocycles. The fourth-order valence-electron chi connectivity index (χ4n) is 3.70. The van der Waals surface area contributed by atoms with E-state index in [4.69, 9.17) is 10.9 Å². The predicted molar refractivity (Wildman–Crippen MR) is 116 cm³/mol. The number of pyridine rings is 1. The minimum Gasteiger partial charge on any atom is -0.358 e. The lowest BCUT2D eigenvalue weighted by molar-refractivity contribution is 0.362. The molecule has 1 saturated heterocycles. The molecule has 1 aliphatic heterocycles. The minimum atomic E-state index is -0.0292. The van der Waals surface area contributed by atoms with Gasteiger partial charge in [0.15, 0.2) is 11.6 Å². The van der Waals surface area contributed by atoms with Gasteiger partial charge in [-0.2, -0.15) is 10.1 Å². The minimum absolute atomic E-state index is 0.0292. The average molecular weight is 412 g/mol. The molecule has 0 bridgehead atoms. The Hall–Kier alpha value is -4.19. The molecule has 4 aromatic heterocycles. The second-order valence-corrected chi connectivity index (χ2v) is 7.32. The Morgan fingerprint density at radius 2 is 2.13 bits per heavy atom. The highest BCUT2D eigenvalue weighted by Crippen LogP contribution is 2.36. The van der Waals surface area contributed by atoms with E-state index < -0.39 is 0 Å². The number of hydrogen-bond acceptors (Lipinski definition) is 8. The van der Waals surface area contributed by atoms with Gasteiger partial charge in [0.05, 0.1) is 11.7 Å². The van der Waals surface area contributed by atoms with Crippen LogP contribution >= 0.6 is 0 Å². The molecule has 4 aromatic rings. The van der Waals surface area contributed by atoms with Crippen LogP contribution in [0.5, 0.6) is 0 Å². The number of anilines is 3. The number of nitrogens with zero attached hydrogens (tertiary/aromatic N) is 6. The Bertz CT molecular complexity index is 1240. The van der Waals surface area contributed by atoms with Gasteiger partial charge in [0.2, 0.25) is 5.95 Å². The first-order chi connectivity index (χ1) is 15.2. The van der Waals surface area contributed by atoms with Crippen LogP contribution in [0.25, 0.3) is 11.4 Å². The molecule has 31 heavy (non-hydrogen) atoms. The van der Waals surface area contributed by atoms with Crippen LogP contribution in [0.15, 0.2) is 47.1 Å². The Labute approximate surface area is 178 Å². The van der Waals surface area contributed by atoms with Gasteiger partial charge in [-0.1, -0.05) is 11.2 Å². The second kappa shape index (κ2) is 7.91. The molecule has 0 aromatic carbocycles. The third-order valence-corrected chi connectivity index (χ3v) is 5.12. The van der Waals surface area contributed by atoms with Gasteiger partial charge < -0.3 is 14.7 Å². The molecule has 0 radical (unpaired) electrons. The third-order valence-electron chi connectivity index (χ3n) is 5.12. The summed E-state index contributed by atoms with van der Waals surface area (Å²) in [5, 5.41) is 14.5. The SMILES string of the molecule is C#Cc1cc(Nc2cc(C)[nH]n2)nc(N2CCC[C@H]2c2cc(-c3ccccn3)no2)n1. The van der Waals surface area contributed by atoms with E-state index in [-0.39, 0.29) is 6.04 Å². The lowest BCUT2D eigenvalue weighted by Crippen LogP contribution is -2.25. The number of hydrogen-bond donors (Lipinski definition) is 2. The summed E-state index contributed by atoms with van der Waals surface area (Å²) in [4.78, 5) is 15.7. The monoisotopic (exact) mass is 412 g/mol. The van der Waals surface area contributed by atoms with Crippen LogP contribution in [-0.2, 0) is 0 Å². The van der Waals surface area contributed by atoms with Crippen molar-refractivity contribution in [2.24, 2.45) is 0 Å². The Morgan fingerprint density at radius 1 is 1.19 bits per heavy atom. The molecule has 0 amide bonds. The summed E-state index contributed by atoms with van der Waals surface area (Å²) in [6.07, 6.45) is 9.28. The number of nitrogens with one attached hydrogen (secondary N) is 2. The van der Waals surface area contributed by atoms with Crippen LogP contribution in [0.4, 0.5) is 17.6 Å². The first-order valence-corrected chi connectivity index (χ1v) is 9.99. The second-order valence-electron chi connectivity index (χ2n) is 7.32. The van der Waals surface area contributed by atoms with Crippen molar-refractivity contribution in [3.63, 3.8) is 0 Å². The summed E-state index contributed by atoms with van der Waals surface area (Å²) < 4.78 is 5.68. The van der Waals surface area contributed by atoms with E-state index in [0.717, 1.165) is 36.5 Å². The molecule has 1 atom stereocenters. The molecular weight excluding hydrogens is 392 g/mol. The van der Waals surface area contributed by atoms with Crippen molar-refractivity contribution in [3.05, 3.63) is 59.7 Å². The summed E-state index contributed by atoms with van der Waals surface area (Å²) in [7, 11) is 0. The van der Waals surface area contributed by atoms with Crippen LogP contribution in [0.3, 0.4) is 0 Å². The average Bonchev–Trinajstić information content (AvgIpc) is 3.55. The maximum absolute atomic E-state index is 5.68. The van der Waals surface area contributed by atoms with E-state index in [2.05, 4.69) is 46.4 Å². The Balaban J connectivity index is 1.44. The summed E-state index contributed by atoms with van der Waals surface area (Å²) >= 11 is 0. The molecule has 0 saturated carbocycles. The van der Waals surface area contributed by atoms with Crippen LogP contribution in [0.2, 0.25) is 0 Å². The lowest BCUT2D eigenvalue weighted by atomic mass is 10.1. The first kappa shape index (κ1) is 18.8. The number of aryl methyl sites for hydroxylation is 1. The van der Waals surface area contributed by atoms with Crippen LogP contribution in [0.1, 0.15) is 36.0 Å². The summed E-state index contributed by atoms with van der Waals surface area (Å²) in [5.41, 5.74) is 2.92. The van der Waals surface area contributed by atoms with Crippen LogP contribution < -0.4 is 10.2 Å². The van der Waals surface area contributed by atoms with Gasteiger partial charge >= 0.3 is 0 Å². The molecule has 0 unspecified atom stereocenters. The van der Waals surface area contributed by atoms with E-state index in [1.807, 2.05) is 37.3 Å². The molecule has 0 spiro atoms. The largest absolute Gasteiger partial charge is 0.358 e. The van der Waals surface area contributed by atoms with Crippen molar-refractivity contribution in [2.75, 3.05) is 16.8 Å². The van der Waals surface area contributed by atoms with Crippen molar-refractivity contribution >= 4 is 17.6 Å². The highest BCUT2D eigenvalue weighted by molar-refractivity contribution is 5.57. The zero-order chi connectivity index (χ0) is 21.2. The molecule has 154 valence electrons. The maximum atomic E-state index is 5.68. The summed E-state index contributed by atoms with van der Waals surface area (Å²) in [6.45, 7) is 2.72. The van der Waals surface area contributed by atoms with Gasteiger partial charge in [-0.05, 0) is 37.8 Å². The standard InChI is InChI=1S/C22H20N8O/c1-3-15-12-20(25-21-11-14(2)27-28-21)26-22(24-15)30-10-6-8-18(30)19-13-17(29-31-19)16-7-4-5-9-23-16/h1,4-5,7,9,11-13,18H,6,8,10H2,2H3,(H2,24,25,26,27,28)/t18-/m0/s1. The fourth-order valence-corrected chi connectivity index (χ4v) is 3.70. The molecule has 1 aliphatic rings. The topological polar surface area (TPSA) is 109 Å². The van der Waals surface area contributed by atoms with Gasteiger partial charge in [0.1, 0.15) is 17.2 Å². The zero-order valence-corrected chi connectivity index (χ0v) is 16.9. The highest BCUT2D eigenvalue weighted by Gasteiger charge is 2.32. The summed E-state index contributed by atoms with van der Waals surface area (Å²) in [6, 6.07) is 11.2. The third kappa shape index (κ3) is 3.83. The molecular formula is C22H20N8O. The molecule has 0 aliphatic carbocycles. The van der Waals surface area contributed by atoms with E-state index in [1.165, 1.54) is 0 Å². The van der Waals surface area contributed by atoms with E-state index in [0.29, 0.717) is 29.0 Å². The Kier molecular flexibility index (Phi) is 4.80. The first-order valence-electron chi connectivity index (χ1n) is 9.99. The van der Waals surface area contributed by atoms with Gasteiger partial charge in [-0.15, -0.1) is 6.42 Å². The molecule has 1 fully saturated rings. The lowest BCUT2D eigenvalue weighted by Gasteiger charge is -2.23. The number of rotatable bonds is 5. The van der Waals surface area contributed by atoms with Gasteiger partial charge in [-0.3, -0.25) is 10.1 Å². The molecule has 9 nitrogen and oxygen atoms in total. The van der Waals surface area contributed by atoms with Crippen molar-refractivity contribution in [3.8, 4) is 23.7 Å². The smallest absolute Gasteiger partial charge is 0.229 e. The number of aromatic amines is 1. The maximum Gasteiger partial charge on any atom is 0.229 e. The van der Waals surface area contributed by atoms with Crippen molar-refractivity contribution < 1.29 is 4.52 Å². The van der Waals surface area contributed by atoms with E-state index >= 15 is 0 Å². The van der Waals surface area contributed by atoms with Gasteiger partial charge in [0.25, 0.3) is 0 Å². The van der Waals surface area contributed by atoms with E-state index in [9.17, 15) is 0 Å².